The number of fused-ring (bicyclic) bond motifs is 4. The summed E-state index contributed by atoms with van der Waals surface area (Å²) >= 11 is 0. The molecule has 0 heterocycles. The van der Waals surface area contributed by atoms with Crippen molar-refractivity contribution in [3.63, 3.8) is 0 Å². The Morgan fingerprint density at radius 1 is 0.688 bits per heavy atom. The van der Waals surface area contributed by atoms with Gasteiger partial charge in [0, 0.05) is 24.7 Å². The molecular formula is C14H20O2. The van der Waals surface area contributed by atoms with Crippen LogP contribution in [0.2, 0.25) is 0 Å². The first-order valence-corrected chi connectivity index (χ1v) is 6.78. The standard InChI is InChI=1S/2C7H10O/c2*8-7-4-5-1-2-6(7)3-5/h2*5-6H,1-4H2. The van der Waals surface area contributed by atoms with E-state index < -0.39 is 0 Å². The second kappa shape index (κ2) is 3.97. The van der Waals surface area contributed by atoms with Crippen LogP contribution in [-0.2, 0) is 9.59 Å². The third kappa shape index (κ3) is 1.83. The summed E-state index contributed by atoms with van der Waals surface area (Å²) in [7, 11) is 0. The SMILES string of the molecule is O=C1CC2CCC1C2.O=C1CC2CCC1C2. The van der Waals surface area contributed by atoms with Gasteiger partial charge in [-0.15, -0.1) is 0 Å². The van der Waals surface area contributed by atoms with E-state index in [1.807, 2.05) is 0 Å². The monoisotopic (exact) mass is 220 g/mol. The lowest BCUT2D eigenvalue weighted by Crippen LogP contribution is -2.07. The van der Waals surface area contributed by atoms with Crippen LogP contribution >= 0.6 is 0 Å². The van der Waals surface area contributed by atoms with Crippen molar-refractivity contribution in [3.05, 3.63) is 0 Å². The number of ketones is 2. The highest BCUT2D eigenvalue weighted by atomic mass is 16.1. The smallest absolute Gasteiger partial charge is 0.136 e. The molecule has 4 saturated carbocycles. The van der Waals surface area contributed by atoms with Crippen molar-refractivity contribution in [2.24, 2.45) is 23.7 Å². The number of hydrogen-bond acceptors (Lipinski definition) is 2. The largest absolute Gasteiger partial charge is 0.299 e. The summed E-state index contributed by atoms with van der Waals surface area (Å²) in [5.74, 6) is 3.68. The molecular weight excluding hydrogens is 200 g/mol. The molecule has 0 aromatic heterocycles. The molecule has 4 aliphatic carbocycles. The van der Waals surface area contributed by atoms with E-state index in [1.54, 1.807) is 0 Å². The predicted molar refractivity (Wildman–Crippen MR) is 60.9 cm³/mol. The minimum absolute atomic E-state index is 0.500. The van der Waals surface area contributed by atoms with Crippen LogP contribution in [0, 0.1) is 23.7 Å². The van der Waals surface area contributed by atoms with E-state index in [2.05, 4.69) is 0 Å². The molecule has 0 N–H and O–H groups in total. The number of rotatable bonds is 0. The summed E-state index contributed by atoms with van der Waals surface area (Å²) in [6.45, 7) is 0. The van der Waals surface area contributed by atoms with Crippen LogP contribution in [0.3, 0.4) is 0 Å². The van der Waals surface area contributed by atoms with Gasteiger partial charge in [0.2, 0.25) is 0 Å². The lowest BCUT2D eigenvalue weighted by molar-refractivity contribution is -0.122. The van der Waals surface area contributed by atoms with Crippen LogP contribution in [0.5, 0.6) is 0 Å². The fraction of sp³-hybridized carbons (Fsp3) is 0.857. The van der Waals surface area contributed by atoms with E-state index in [1.165, 1.54) is 38.5 Å². The molecule has 0 amide bonds. The molecule has 2 nitrogen and oxygen atoms in total. The van der Waals surface area contributed by atoms with Crippen molar-refractivity contribution < 1.29 is 9.59 Å². The summed E-state index contributed by atoms with van der Waals surface area (Å²) in [6.07, 6.45) is 9.31. The molecule has 4 bridgehead atoms. The van der Waals surface area contributed by atoms with E-state index in [-0.39, 0.29) is 0 Å². The van der Waals surface area contributed by atoms with Gasteiger partial charge in [-0.3, -0.25) is 9.59 Å². The van der Waals surface area contributed by atoms with Gasteiger partial charge in [-0.05, 0) is 50.4 Å². The second-order valence-electron chi connectivity index (χ2n) is 6.09. The lowest BCUT2D eigenvalue weighted by atomic mass is 10.00. The van der Waals surface area contributed by atoms with E-state index in [0.717, 1.165) is 24.7 Å². The van der Waals surface area contributed by atoms with Gasteiger partial charge in [0.05, 0.1) is 0 Å². The topological polar surface area (TPSA) is 34.1 Å². The van der Waals surface area contributed by atoms with Crippen LogP contribution < -0.4 is 0 Å². The lowest BCUT2D eigenvalue weighted by Gasteiger charge is -2.04. The van der Waals surface area contributed by atoms with E-state index in [0.29, 0.717) is 23.4 Å². The molecule has 0 radical (unpaired) electrons. The van der Waals surface area contributed by atoms with Gasteiger partial charge in [-0.2, -0.15) is 0 Å². The minimum Gasteiger partial charge on any atom is -0.299 e. The maximum absolute atomic E-state index is 10.8. The van der Waals surface area contributed by atoms with Crippen LogP contribution in [-0.4, -0.2) is 11.6 Å². The summed E-state index contributed by atoms with van der Waals surface area (Å²) in [5, 5.41) is 0. The Balaban J connectivity index is 0.000000101. The average molecular weight is 220 g/mol. The molecule has 2 heteroatoms. The molecule has 0 aliphatic heterocycles. The molecule has 4 unspecified atom stereocenters. The summed E-state index contributed by atoms with van der Waals surface area (Å²) in [6, 6.07) is 0. The van der Waals surface area contributed by atoms with E-state index in [4.69, 9.17) is 0 Å². The number of carbonyl (C=O) groups excluding carboxylic acids is 2. The Labute approximate surface area is 96.8 Å². The summed E-state index contributed by atoms with van der Waals surface area (Å²) < 4.78 is 0. The highest BCUT2D eigenvalue weighted by molar-refractivity contribution is 5.84. The first kappa shape index (κ1) is 10.5. The Kier molecular flexibility index (Phi) is 2.61. The highest BCUT2D eigenvalue weighted by Gasteiger charge is 2.38. The van der Waals surface area contributed by atoms with Gasteiger partial charge in [0.1, 0.15) is 11.6 Å². The van der Waals surface area contributed by atoms with Crippen molar-refractivity contribution in [1.82, 2.24) is 0 Å². The van der Waals surface area contributed by atoms with Crippen LogP contribution in [0.1, 0.15) is 51.4 Å². The van der Waals surface area contributed by atoms with E-state index >= 15 is 0 Å². The zero-order chi connectivity index (χ0) is 11.1. The Bertz CT molecular complexity index is 289. The third-order valence-corrected chi connectivity index (χ3v) is 4.97. The zero-order valence-electron chi connectivity index (χ0n) is 9.78. The van der Waals surface area contributed by atoms with Gasteiger partial charge >= 0.3 is 0 Å². The second-order valence-corrected chi connectivity index (χ2v) is 6.09. The molecule has 4 aliphatic rings. The first-order chi connectivity index (χ1) is 7.72. The van der Waals surface area contributed by atoms with Crippen LogP contribution in [0.4, 0.5) is 0 Å². The number of Topliss-reactive ketones (excluding diaryl/α,β-unsaturated/α-hetero) is 2. The number of carbonyl (C=O) groups is 2. The quantitative estimate of drug-likeness (QED) is 0.629. The molecule has 4 rings (SSSR count). The normalized spacial score (nSPS) is 43.8. The van der Waals surface area contributed by atoms with Gasteiger partial charge in [-0.1, -0.05) is 0 Å². The predicted octanol–water partition coefficient (Wildman–Crippen LogP) is 2.75. The minimum atomic E-state index is 0.500. The Morgan fingerprint density at radius 2 is 1.12 bits per heavy atom. The van der Waals surface area contributed by atoms with Crippen molar-refractivity contribution in [2.45, 2.75) is 51.4 Å². The van der Waals surface area contributed by atoms with Crippen LogP contribution in [0.25, 0.3) is 0 Å². The van der Waals surface area contributed by atoms with Crippen molar-refractivity contribution in [3.8, 4) is 0 Å². The third-order valence-electron chi connectivity index (χ3n) is 4.97. The average Bonchev–Trinajstić information content (AvgIpc) is 2.94. The van der Waals surface area contributed by atoms with Crippen molar-refractivity contribution in [1.29, 1.82) is 0 Å². The molecule has 4 atom stereocenters. The number of hydrogen-bond donors (Lipinski definition) is 0. The van der Waals surface area contributed by atoms with Gasteiger partial charge in [-0.25, -0.2) is 0 Å². The van der Waals surface area contributed by atoms with Gasteiger partial charge in [0.15, 0.2) is 0 Å². The van der Waals surface area contributed by atoms with E-state index in [9.17, 15) is 9.59 Å². The Morgan fingerprint density at radius 3 is 1.25 bits per heavy atom. The maximum atomic E-state index is 10.8. The summed E-state index contributed by atoms with van der Waals surface area (Å²) in [5.41, 5.74) is 0. The molecule has 88 valence electrons. The van der Waals surface area contributed by atoms with Crippen LogP contribution in [0.15, 0.2) is 0 Å². The summed E-state index contributed by atoms with van der Waals surface area (Å²) in [4.78, 5) is 21.7. The van der Waals surface area contributed by atoms with Gasteiger partial charge in [0.25, 0.3) is 0 Å². The fourth-order valence-electron chi connectivity index (χ4n) is 4.01. The molecule has 0 saturated heterocycles. The first-order valence-electron chi connectivity index (χ1n) is 6.78. The Hall–Kier alpha value is -0.660. The molecule has 4 fully saturated rings. The van der Waals surface area contributed by atoms with Gasteiger partial charge < -0.3 is 0 Å². The molecule has 0 aromatic carbocycles. The van der Waals surface area contributed by atoms with Crippen molar-refractivity contribution in [2.75, 3.05) is 0 Å². The molecule has 0 aromatic rings. The molecule has 16 heavy (non-hydrogen) atoms. The fourth-order valence-corrected chi connectivity index (χ4v) is 4.01. The van der Waals surface area contributed by atoms with Crippen molar-refractivity contribution >= 4 is 11.6 Å². The maximum Gasteiger partial charge on any atom is 0.136 e. The highest BCUT2D eigenvalue weighted by Crippen LogP contribution is 2.42. The molecule has 0 spiro atoms. The zero-order valence-corrected chi connectivity index (χ0v) is 9.78.